The Bertz CT molecular complexity index is 378. The molecular formula is C18H29N2O2Se. The van der Waals surface area contributed by atoms with Crippen LogP contribution in [0, 0.1) is 30.0 Å². The molecule has 0 spiro atoms. The number of hydrogen-bond donors (Lipinski definition) is 0. The molecule has 0 unspecified atom stereocenters. The predicted octanol–water partition coefficient (Wildman–Crippen LogP) is 2.80. The monoisotopic (exact) mass is 385 g/mol. The fourth-order valence-corrected chi connectivity index (χ4v) is 5.70. The Kier molecular flexibility index (Phi) is 7.71. The molecule has 0 aromatic heterocycles. The van der Waals surface area contributed by atoms with Crippen LogP contribution in [0.1, 0.15) is 33.1 Å². The van der Waals surface area contributed by atoms with E-state index in [1.165, 1.54) is 17.2 Å². The van der Waals surface area contributed by atoms with Gasteiger partial charge in [-0.3, -0.25) is 0 Å². The SMILES string of the molecule is CCOC(=O)N1CCCC[C@@H]1C[Se][C]1[CH][CH][CH][C]1[C@@H](C)N(C)C. The van der Waals surface area contributed by atoms with Crippen LogP contribution in [-0.2, 0) is 4.74 Å². The second-order valence-electron chi connectivity index (χ2n) is 6.34. The number of nitrogens with zero attached hydrogens (tertiary/aromatic N) is 2. The van der Waals surface area contributed by atoms with Gasteiger partial charge in [0.1, 0.15) is 0 Å². The first-order chi connectivity index (χ1) is 11.0. The van der Waals surface area contributed by atoms with Gasteiger partial charge in [0.15, 0.2) is 0 Å². The molecule has 5 heteroatoms. The minimum atomic E-state index is -0.127. The normalized spacial score (nSPS) is 25.1. The second-order valence-corrected chi connectivity index (χ2v) is 8.57. The molecule has 5 radical (unpaired) electrons. The fourth-order valence-electron chi connectivity index (χ4n) is 2.98. The van der Waals surface area contributed by atoms with Crippen LogP contribution < -0.4 is 0 Å². The minimum absolute atomic E-state index is 0.127. The van der Waals surface area contributed by atoms with Gasteiger partial charge < -0.3 is 0 Å². The summed E-state index contributed by atoms with van der Waals surface area (Å²) in [6, 6.07) is 0.787. The van der Waals surface area contributed by atoms with Crippen LogP contribution in [0.3, 0.4) is 0 Å². The Labute approximate surface area is 148 Å². The molecule has 1 amide bonds. The molecule has 0 bridgehead atoms. The summed E-state index contributed by atoms with van der Waals surface area (Å²) in [5.41, 5.74) is 0. The molecule has 1 aliphatic heterocycles. The standard InChI is InChI=1S/C18H29N2O2Se/c1-5-22-18(21)20-12-7-6-9-15(20)13-23-17-11-8-10-16(17)14(2)19(3)4/h8,10-11,14-15H,5-7,9,12-13H2,1-4H3/t14-,15-/m1/s1. The zero-order chi connectivity index (χ0) is 16.8. The molecule has 0 aromatic rings. The van der Waals surface area contributed by atoms with Crippen molar-refractivity contribution in [1.82, 2.24) is 9.80 Å². The van der Waals surface area contributed by atoms with Crippen molar-refractivity contribution in [3.8, 4) is 0 Å². The number of carbonyl (C=O) groups excluding carboxylic acids is 1. The van der Waals surface area contributed by atoms with Crippen molar-refractivity contribution in [1.29, 1.82) is 0 Å². The van der Waals surface area contributed by atoms with Crippen LogP contribution in [0.2, 0.25) is 5.32 Å². The first kappa shape index (κ1) is 19.1. The van der Waals surface area contributed by atoms with E-state index in [0.29, 0.717) is 33.6 Å². The van der Waals surface area contributed by atoms with E-state index in [-0.39, 0.29) is 6.09 Å². The number of amides is 1. The molecule has 0 aromatic carbocycles. The Morgan fingerprint density at radius 1 is 1.43 bits per heavy atom. The Morgan fingerprint density at radius 3 is 2.91 bits per heavy atom. The van der Waals surface area contributed by atoms with Crippen molar-refractivity contribution in [2.24, 2.45) is 0 Å². The van der Waals surface area contributed by atoms with Gasteiger partial charge in [0.25, 0.3) is 0 Å². The van der Waals surface area contributed by atoms with Crippen molar-refractivity contribution in [3.05, 3.63) is 30.0 Å². The second kappa shape index (κ2) is 9.29. The fraction of sp³-hybridized carbons (Fsp3) is 0.667. The van der Waals surface area contributed by atoms with E-state index < -0.39 is 0 Å². The summed E-state index contributed by atoms with van der Waals surface area (Å²) in [5.74, 6) is 1.44. The summed E-state index contributed by atoms with van der Waals surface area (Å²) in [6.07, 6.45) is 9.96. The Hall–Kier alpha value is -0.251. The van der Waals surface area contributed by atoms with Crippen LogP contribution in [-0.4, -0.2) is 70.2 Å². The first-order valence-electron chi connectivity index (χ1n) is 8.52. The maximum absolute atomic E-state index is 12.1. The van der Waals surface area contributed by atoms with Crippen molar-refractivity contribution in [2.75, 3.05) is 27.2 Å². The third-order valence-corrected chi connectivity index (χ3v) is 7.18. The number of likely N-dealkylation sites (tertiary alicyclic amines) is 1. The quantitative estimate of drug-likeness (QED) is 0.661. The molecule has 1 saturated carbocycles. The average Bonchev–Trinajstić information content (AvgIpc) is 3.01. The molecular weight excluding hydrogens is 355 g/mol. The van der Waals surface area contributed by atoms with Gasteiger partial charge in [-0.2, -0.15) is 0 Å². The summed E-state index contributed by atoms with van der Waals surface area (Å²) < 4.78 is 5.23. The van der Waals surface area contributed by atoms with Gasteiger partial charge in [-0.15, -0.1) is 0 Å². The van der Waals surface area contributed by atoms with Crippen molar-refractivity contribution in [3.63, 3.8) is 0 Å². The van der Waals surface area contributed by atoms with Gasteiger partial charge in [-0.25, -0.2) is 0 Å². The number of rotatable bonds is 6. The topological polar surface area (TPSA) is 32.8 Å². The van der Waals surface area contributed by atoms with Crippen LogP contribution in [0.5, 0.6) is 0 Å². The van der Waals surface area contributed by atoms with E-state index in [4.69, 9.17) is 4.74 Å². The molecule has 4 nitrogen and oxygen atoms in total. The van der Waals surface area contributed by atoms with Crippen molar-refractivity contribution >= 4 is 21.1 Å². The summed E-state index contributed by atoms with van der Waals surface area (Å²) in [5, 5.41) is 1.09. The van der Waals surface area contributed by atoms with Gasteiger partial charge in [-0.05, 0) is 0 Å². The van der Waals surface area contributed by atoms with E-state index in [0.717, 1.165) is 24.7 Å². The summed E-state index contributed by atoms with van der Waals surface area (Å²) in [4.78, 5) is 17.8. The van der Waals surface area contributed by atoms with Crippen LogP contribution in [0.4, 0.5) is 4.79 Å². The van der Waals surface area contributed by atoms with E-state index in [1.54, 1.807) is 0 Å². The summed E-state index contributed by atoms with van der Waals surface area (Å²) in [6.45, 7) is 5.43. The van der Waals surface area contributed by atoms with Crippen molar-refractivity contribution < 1.29 is 9.53 Å². The Balaban J connectivity index is 1.88. The van der Waals surface area contributed by atoms with Gasteiger partial charge in [0.2, 0.25) is 0 Å². The van der Waals surface area contributed by atoms with E-state index in [2.05, 4.69) is 45.2 Å². The number of hydrogen-bond acceptors (Lipinski definition) is 3. The Morgan fingerprint density at radius 2 is 2.22 bits per heavy atom. The van der Waals surface area contributed by atoms with E-state index >= 15 is 0 Å². The molecule has 2 fully saturated rings. The molecule has 2 atom stereocenters. The van der Waals surface area contributed by atoms with E-state index in [1.807, 2.05) is 11.8 Å². The van der Waals surface area contributed by atoms with Crippen LogP contribution >= 0.6 is 0 Å². The van der Waals surface area contributed by atoms with Gasteiger partial charge in [0.05, 0.1) is 0 Å². The number of carbonyl (C=O) groups is 1. The molecule has 1 aliphatic carbocycles. The third kappa shape index (κ3) is 5.11. The summed E-state index contributed by atoms with van der Waals surface area (Å²) in [7, 11) is 4.25. The van der Waals surface area contributed by atoms with Gasteiger partial charge >= 0.3 is 148 Å². The predicted molar refractivity (Wildman–Crippen MR) is 94.5 cm³/mol. The molecule has 1 heterocycles. The first-order valence-corrected chi connectivity index (χ1v) is 10.6. The average molecular weight is 384 g/mol. The van der Waals surface area contributed by atoms with Gasteiger partial charge in [-0.1, -0.05) is 0 Å². The van der Waals surface area contributed by atoms with Crippen LogP contribution in [0.15, 0.2) is 0 Å². The van der Waals surface area contributed by atoms with Crippen molar-refractivity contribution in [2.45, 2.75) is 50.5 Å². The molecule has 23 heavy (non-hydrogen) atoms. The van der Waals surface area contributed by atoms with Gasteiger partial charge in [0, 0.05) is 0 Å². The maximum atomic E-state index is 12.1. The molecule has 1 saturated heterocycles. The van der Waals surface area contributed by atoms with Crippen LogP contribution in [0.25, 0.3) is 0 Å². The number of ether oxygens (including phenoxy) is 1. The summed E-state index contributed by atoms with van der Waals surface area (Å²) >= 11 is 0.399. The number of piperidine rings is 1. The third-order valence-electron chi connectivity index (χ3n) is 4.59. The van der Waals surface area contributed by atoms with E-state index in [9.17, 15) is 4.79 Å². The molecule has 2 rings (SSSR count). The zero-order valence-corrected chi connectivity index (χ0v) is 16.5. The zero-order valence-electron chi connectivity index (χ0n) is 14.7. The molecule has 0 N–H and O–H groups in total. The molecule has 129 valence electrons. The molecule has 2 aliphatic rings.